The smallest absolute Gasteiger partial charge is 0.103 e. The molecule has 1 heterocycles. The van der Waals surface area contributed by atoms with Crippen molar-refractivity contribution < 1.29 is 1.43 Å². The first-order chi connectivity index (χ1) is 8.74. The lowest BCUT2D eigenvalue weighted by molar-refractivity contribution is 0.814. The van der Waals surface area contributed by atoms with Crippen LogP contribution in [0, 0.1) is 13.8 Å². The Labute approximate surface area is 111 Å². The van der Waals surface area contributed by atoms with Crippen LogP contribution in [0.15, 0.2) is 18.2 Å². The van der Waals surface area contributed by atoms with Crippen LogP contribution < -0.4 is 0 Å². The van der Waals surface area contributed by atoms with Crippen LogP contribution in [-0.4, -0.2) is 9.97 Å². The first-order valence-electron chi connectivity index (χ1n) is 6.89. The fraction of sp³-hybridized carbons (Fsp3) is 0.438. The summed E-state index contributed by atoms with van der Waals surface area (Å²) < 4.78 is 0. The molecule has 1 aromatic heterocycles. The van der Waals surface area contributed by atoms with E-state index in [1.165, 1.54) is 40.9 Å². The van der Waals surface area contributed by atoms with Gasteiger partial charge in [0, 0.05) is 12.7 Å². The molecule has 0 amide bonds. The van der Waals surface area contributed by atoms with Crippen molar-refractivity contribution in [3.8, 4) is 11.3 Å². The Hall–Kier alpha value is -1.57. The highest BCUT2D eigenvalue weighted by Gasteiger charge is 2.17. The first kappa shape index (κ1) is 12.9. The van der Waals surface area contributed by atoms with Crippen LogP contribution >= 0.6 is 0 Å². The third-order valence-corrected chi connectivity index (χ3v) is 3.29. The monoisotopic (exact) mass is 244 g/mol. The fourth-order valence-electron chi connectivity index (χ4n) is 2.56. The van der Waals surface area contributed by atoms with Crippen molar-refractivity contribution in [2.45, 2.75) is 47.0 Å². The Morgan fingerprint density at radius 1 is 1.17 bits per heavy atom. The maximum Gasteiger partial charge on any atom is 0.103 e. The molecule has 18 heavy (non-hydrogen) atoms. The minimum absolute atomic E-state index is 0. The van der Waals surface area contributed by atoms with Gasteiger partial charge in [0.2, 0.25) is 0 Å². The lowest BCUT2D eigenvalue weighted by atomic mass is 10.0. The van der Waals surface area contributed by atoms with Gasteiger partial charge in [-0.25, -0.2) is 4.98 Å². The summed E-state index contributed by atoms with van der Waals surface area (Å²) >= 11 is 0. The van der Waals surface area contributed by atoms with E-state index in [1.807, 2.05) is 20.8 Å². The Kier molecular flexibility index (Phi) is 3.85. The average molecular weight is 244 g/mol. The summed E-state index contributed by atoms with van der Waals surface area (Å²) in [4.78, 5) is 8.01. The number of H-pyrrole nitrogens is 1. The van der Waals surface area contributed by atoms with E-state index in [9.17, 15) is 0 Å². The molecule has 0 saturated heterocycles. The molecular weight excluding hydrogens is 220 g/mol. The Morgan fingerprint density at radius 3 is 2.72 bits per heavy atom. The minimum atomic E-state index is 0. The number of nitrogens with one attached hydrogen (secondary N) is 1. The van der Waals surface area contributed by atoms with Crippen molar-refractivity contribution in [3.63, 3.8) is 0 Å². The summed E-state index contributed by atoms with van der Waals surface area (Å²) in [6.07, 6.45) is 3.50. The van der Waals surface area contributed by atoms with Gasteiger partial charge in [0.05, 0.1) is 5.69 Å². The van der Waals surface area contributed by atoms with Gasteiger partial charge < -0.3 is 4.98 Å². The molecule has 2 nitrogen and oxygen atoms in total. The van der Waals surface area contributed by atoms with Crippen molar-refractivity contribution >= 4 is 0 Å². The molecule has 98 valence electrons. The van der Waals surface area contributed by atoms with E-state index >= 15 is 0 Å². The zero-order valence-corrected chi connectivity index (χ0v) is 11.8. The van der Waals surface area contributed by atoms with Crippen LogP contribution in [0.3, 0.4) is 0 Å². The lowest BCUT2D eigenvalue weighted by Crippen LogP contribution is -1.89. The summed E-state index contributed by atoms with van der Waals surface area (Å²) in [6.45, 7) is 8.18. The van der Waals surface area contributed by atoms with E-state index in [0.29, 0.717) is 0 Å². The molecule has 3 rings (SSSR count). The van der Waals surface area contributed by atoms with Crippen molar-refractivity contribution in [1.82, 2.24) is 9.97 Å². The number of fused-ring (bicyclic) bond motifs is 3. The molecule has 0 radical (unpaired) electrons. The highest BCUT2D eigenvalue weighted by Crippen LogP contribution is 2.31. The fourth-order valence-corrected chi connectivity index (χ4v) is 2.56. The molecule has 1 aromatic carbocycles. The standard InChI is InChI=1S/C14H16N2.C2H6.H2/c1-9-6-7-12-11(8-9)4-3-5-13-14(12)16-10(2)15-13;1-2;/h6-8H,3-5H2,1-2H3,(H,15,16);1-2H3;1H. The quantitative estimate of drug-likeness (QED) is 0.728. The van der Waals surface area contributed by atoms with Crippen molar-refractivity contribution in [1.29, 1.82) is 0 Å². The van der Waals surface area contributed by atoms with E-state index in [2.05, 4.69) is 35.1 Å². The SMILES string of the molecule is CC.Cc1ccc2c(c1)CCCc1[nH]c(C)nc1-2.[HH]. The van der Waals surface area contributed by atoms with E-state index in [4.69, 9.17) is 0 Å². The Bertz CT molecular complexity index is 544. The van der Waals surface area contributed by atoms with Crippen molar-refractivity contribution in [3.05, 3.63) is 40.8 Å². The van der Waals surface area contributed by atoms with Crippen LogP contribution in [0.2, 0.25) is 0 Å². The molecule has 1 aliphatic rings. The van der Waals surface area contributed by atoms with Crippen LogP contribution in [0.1, 0.15) is 44.3 Å². The van der Waals surface area contributed by atoms with Gasteiger partial charge in [-0.05, 0) is 38.7 Å². The Morgan fingerprint density at radius 2 is 1.94 bits per heavy atom. The topological polar surface area (TPSA) is 28.7 Å². The molecular formula is C16H24N2. The highest BCUT2D eigenvalue weighted by atomic mass is 14.9. The third-order valence-electron chi connectivity index (χ3n) is 3.29. The molecule has 0 bridgehead atoms. The zero-order valence-electron chi connectivity index (χ0n) is 11.8. The summed E-state index contributed by atoms with van der Waals surface area (Å²) in [5.41, 5.74) is 6.59. The molecule has 1 N–H and O–H groups in total. The maximum atomic E-state index is 4.63. The first-order valence-corrected chi connectivity index (χ1v) is 6.89. The molecule has 0 aliphatic heterocycles. The number of aryl methyl sites for hydroxylation is 4. The largest absolute Gasteiger partial charge is 0.346 e. The Balaban J connectivity index is 0.000000576. The highest BCUT2D eigenvalue weighted by molar-refractivity contribution is 5.67. The zero-order chi connectivity index (χ0) is 13.1. The van der Waals surface area contributed by atoms with Crippen LogP contribution in [0.4, 0.5) is 0 Å². The van der Waals surface area contributed by atoms with Gasteiger partial charge in [-0.2, -0.15) is 0 Å². The second kappa shape index (κ2) is 5.38. The molecule has 2 heteroatoms. The van der Waals surface area contributed by atoms with Gasteiger partial charge >= 0.3 is 0 Å². The summed E-state index contributed by atoms with van der Waals surface area (Å²) in [5.74, 6) is 1.03. The van der Waals surface area contributed by atoms with Crippen LogP contribution in [-0.2, 0) is 12.8 Å². The van der Waals surface area contributed by atoms with Gasteiger partial charge in [0.15, 0.2) is 0 Å². The van der Waals surface area contributed by atoms with Gasteiger partial charge in [0.1, 0.15) is 5.82 Å². The van der Waals surface area contributed by atoms with Gasteiger partial charge in [-0.1, -0.05) is 37.6 Å². The second-order valence-corrected chi connectivity index (χ2v) is 4.66. The van der Waals surface area contributed by atoms with Gasteiger partial charge in [-0.3, -0.25) is 0 Å². The summed E-state index contributed by atoms with van der Waals surface area (Å²) in [5, 5.41) is 0. The summed E-state index contributed by atoms with van der Waals surface area (Å²) in [6, 6.07) is 6.70. The molecule has 0 atom stereocenters. The normalized spacial score (nSPS) is 12.9. The minimum Gasteiger partial charge on any atom is -0.346 e. The van der Waals surface area contributed by atoms with E-state index in [0.717, 1.165) is 12.2 Å². The van der Waals surface area contributed by atoms with Gasteiger partial charge in [-0.15, -0.1) is 0 Å². The maximum absolute atomic E-state index is 4.63. The van der Waals surface area contributed by atoms with E-state index in [1.54, 1.807) is 0 Å². The number of hydrogen-bond acceptors (Lipinski definition) is 1. The number of hydrogen-bond donors (Lipinski definition) is 1. The predicted octanol–water partition coefficient (Wildman–Crippen LogP) is 4.45. The molecule has 0 unspecified atom stereocenters. The summed E-state index contributed by atoms with van der Waals surface area (Å²) in [7, 11) is 0. The lowest BCUT2D eigenvalue weighted by Gasteiger charge is -2.05. The molecule has 2 aromatic rings. The average Bonchev–Trinajstić information content (AvgIpc) is 2.65. The molecule has 0 fully saturated rings. The second-order valence-electron chi connectivity index (χ2n) is 4.66. The molecule has 0 spiro atoms. The van der Waals surface area contributed by atoms with Crippen molar-refractivity contribution in [2.75, 3.05) is 0 Å². The number of rotatable bonds is 0. The number of aromatic amines is 1. The van der Waals surface area contributed by atoms with E-state index in [-0.39, 0.29) is 1.43 Å². The number of aromatic nitrogens is 2. The van der Waals surface area contributed by atoms with Crippen LogP contribution in [0.5, 0.6) is 0 Å². The predicted molar refractivity (Wildman–Crippen MR) is 79.0 cm³/mol. The number of benzene rings is 1. The third kappa shape index (κ3) is 2.33. The molecule has 0 saturated carbocycles. The van der Waals surface area contributed by atoms with E-state index < -0.39 is 0 Å². The number of imidazole rings is 1. The number of nitrogens with zero attached hydrogens (tertiary/aromatic N) is 1. The molecule has 1 aliphatic carbocycles. The van der Waals surface area contributed by atoms with Gasteiger partial charge in [0.25, 0.3) is 0 Å². The van der Waals surface area contributed by atoms with Crippen molar-refractivity contribution in [2.24, 2.45) is 0 Å². The van der Waals surface area contributed by atoms with Crippen LogP contribution in [0.25, 0.3) is 11.3 Å².